The van der Waals surface area contributed by atoms with Crippen molar-refractivity contribution < 1.29 is 30.7 Å². The zero-order valence-corrected chi connectivity index (χ0v) is 22.4. The van der Waals surface area contributed by atoms with Crippen LogP contribution < -0.4 is 15.0 Å². The minimum Gasteiger partial charge on any atom is -0.495 e. The first-order valence-corrected chi connectivity index (χ1v) is 14.3. The molecule has 0 spiro atoms. The fourth-order valence-corrected chi connectivity index (χ4v) is 4.93. The lowest BCUT2D eigenvalue weighted by molar-refractivity contribution is 0.412. The highest BCUT2D eigenvalue weighted by Gasteiger charge is 2.37. The van der Waals surface area contributed by atoms with E-state index in [0.717, 1.165) is 30.0 Å². The van der Waals surface area contributed by atoms with Crippen LogP contribution in [0.25, 0.3) is 0 Å². The van der Waals surface area contributed by atoms with E-state index >= 15 is 0 Å². The van der Waals surface area contributed by atoms with Gasteiger partial charge in [-0.2, -0.15) is 16.8 Å². The van der Waals surface area contributed by atoms with Crippen molar-refractivity contribution in [3.8, 4) is 5.75 Å². The van der Waals surface area contributed by atoms with Gasteiger partial charge in [0.1, 0.15) is 5.75 Å². The van der Waals surface area contributed by atoms with Crippen molar-refractivity contribution in [3.63, 3.8) is 0 Å². The molecule has 0 aliphatic carbocycles. The highest BCUT2D eigenvalue weighted by atomic mass is 32.2. The molecule has 3 aromatic rings. The largest absolute Gasteiger partial charge is 0.495 e. The van der Waals surface area contributed by atoms with Crippen molar-refractivity contribution >= 4 is 25.9 Å². The number of anilines is 1. The maximum Gasteiger partial charge on any atom is 0.294 e. The summed E-state index contributed by atoms with van der Waals surface area (Å²) in [5.41, 5.74) is 3.10. The Morgan fingerprint density at radius 3 is 1.78 bits per heavy atom. The van der Waals surface area contributed by atoms with E-state index in [-0.39, 0.29) is 9.79 Å². The molecule has 200 valence electrons. The summed E-state index contributed by atoms with van der Waals surface area (Å²) in [5.74, 6) is 0.836. The molecular weight excluding hydrogens is 518 g/mol. The molecule has 2 aromatic carbocycles. The van der Waals surface area contributed by atoms with Crippen molar-refractivity contribution in [2.75, 3.05) is 25.1 Å². The summed E-state index contributed by atoms with van der Waals surface area (Å²) >= 11 is 0. The van der Waals surface area contributed by atoms with Crippen molar-refractivity contribution in [1.29, 1.82) is 0 Å². The SMILES string of the molecule is COc1cncc(N2C[C@@H]3C[C@H]2CN3)c1.Cc1ccc(S(=O)(=O)O)cc1.Cc1ccc(S(=O)(=O)O)cc1. The zero-order valence-electron chi connectivity index (χ0n) is 20.8. The summed E-state index contributed by atoms with van der Waals surface area (Å²) in [6, 6.07) is 15.3. The molecule has 0 radical (unpaired) electrons. The third-order valence-electron chi connectivity index (χ3n) is 5.96. The average Bonchev–Trinajstić information content (AvgIpc) is 3.48. The molecule has 10 nitrogen and oxygen atoms in total. The number of aryl methyl sites for hydroxylation is 2. The second-order valence-electron chi connectivity index (χ2n) is 8.81. The molecule has 2 saturated heterocycles. The number of fused-ring (bicyclic) bond motifs is 2. The number of ether oxygens (including phenoxy) is 1. The standard InChI is InChI=1S/C11H15N3O.2C7H8O3S/c1-15-11-3-10(4-12-6-11)14-7-8-2-9(14)5-13-8;2*1-6-2-4-7(5-3-6)11(8,9)10/h3-4,6,8-9,13H,2,5,7H2,1H3;2*2-5H,1H3,(H,8,9,10)/t8-,9-;;/m0../s1. The van der Waals surface area contributed by atoms with Crippen LogP contribution in [0.4, 0.5) is 5.69 Å². The maximum absolute atomic E-state index is 10.5. The Morgan fingerprint density at radius 1 is 0.892 bits per heavy atom. The molecule has 0 saturated carbocycles. The van der Waals surface area contributed by atoms with Gasteiger partial charge in [-0.25, -0.2) is 0 Å². The van der Waals surface area contributed by atoms with Crippen LogP contribution in [0.5, 0.6) is 5.75 Å². The maximum atomic E-state index is 10.5. The molecule has 1 aromatic heterocycles. The third kappa shape index (κ3) is 8.23. The summed E-state index contributed by atoms with van der Waals surface area (Å²) in [6.45, 7) is 5.88. The van der Waals surface area contributed by atoms with E-state index in [1.54, 1.807) is 37.6 Å². The van der Waals surface area contributed by atoms with Crippen LogP contribution in [-0.4, -0.2) is 63.2 Å². The minimum atomic E-state index is -4.02. The molecule has 37 heavy (non-hydrogen) atoms. The number of nitrogens with one attached hydrogen (secondary N) is 1. The van der Waals surface area contributed by atoms with Crippen molar-refractivity contribution in [2.24, 2.45) is 0 Å². The van der Waals surface area contributed by atoms with Gasteiger partial charge in [0.2, 0.25) is 0 Å². The third-order valence-corrected chi connectivity index (χ3v) is 7.70. The van der Waals surface area contributed by atoms with E-state index < -0.39 is 20.2 Å². The number of hydrogen-bond donors (Lipinski definition) is 3. The van der Waals surface area contributed by atoms with Gasteiger partial charge in [0.25, 0.3) is 20.2 Å². The predicted molar refractivity (Wildman–Crippen MR) is 140 cm³/mol. The molecule has 2 fully saturated rings. The Labute approximate surface area is 217 Å². The number of methoxy groups -OCH3 is 1. The Kier molecular flexibility index (Phi) is 9.26. The number of pyridine rings is 1. The quantitative estimate of drug-likeness (QED) is 0.415. The molecule has 5 rings (SSSR count). The highest BCUT2D eigenvalue weighted by Crippen LogP contribution is 2.30. The van der Waals surface area contributed by atoms with Gasteiger partial charge in [-0.15, -0.1) is 0 Å². The monoisotopic (exact) mass is 549 g/mol. The van der Waals surface area contributed by atoms with Crippen LogP contribution in [-0.2, 0) is 20.2 Å². The Bertz CT molecular complexity index is 1320. The molecule has 0 amide bonds. The zero-order chi connectivity index (χ0) is 27.2. The number of aromatic nitrogens is 1. The van der Waals surface area contributed by atoms with Crippen molar-refractivity contribution in [2.45, 2.75) is 42.1 Å². The summed E-state index contributed by atoms with van der Waals surface area (Å²) in [6.07, 6.45) is 4.93. The first-order valence-electron chi connectivity index (χ1n) is 11.4. The first-order chi connectivity index (χ1) is 17.4. The first kappa shape index (κ1) is 28.5. The molecule has 3 heterocycles. The van der Waals surface area contributed by atoms with Crippen LogP contribution in [0.2, 0.25) is 0 Å². The second kappa shape index (κ2) is 12.0. The summed E-state index contributed by atoms with van der Waals surface area (Å²) < 4.78 is 64.3. The number of piperazine rings is 1. The lowest BCUT2D eigenvalue weighted by atomic mass is 10.2. The topological polar surface area (TPSA) is 146 Å². The smallest absolute Gasteiger partial charge is 0.294 e. The van der Waals surface area contributed by atoms with Crippen LogP contribution in [0.15, 0.2) is 76.8 Å². The summed E-state index contributed by atoms with van der Waals surface area (Å²) in [5, 5.41) is 3.49. The predicted octanol–water partition coefficient (Wildman–Crippen LogP) is 3.12. The van der Waals surface area contributed by atoms with Gasteiger partial charge in [-0.3, -0.25) is 14.1 Å². The number of benzene rings is 2. The molecule has 2 aliphatic rings. The Hall–Kier alpha value is -3.03. The average molecular weight is 550 g/mol. The Balaban J connectivity index is 0.000000158. The van der Waals surface area contributed by atoms with Crippen LogP contribution >= 0.6 is 0 Å². The van der Waals surface area contributed by atoms with E-state index in [0.29, 0.717) is 12.1 Å². The second-order valence-corrected chi connectivity index (χ2v) is 11.6. The van der Waals surface area contributed by atoms with E-state index in [1.807, 2.05) is 20.0 Å². The number of hydrogen-bond acceptors (Lipinski definition) is 8. The van der Waals surface area contributed by atoms with Gasteiger partial charge in [0.15, 0.2) is 0 Å². The van der Waals surface area contributed by atoms with Gasteiger partial charge in [0, 0.05) is 31.2 Å². The lowest BCUT2D eigenvalue weighted by Crippen LogP contribution is -2.43. The van der Waals surface area contributed by atoms with Gasteiger partial charge in [-0.1, -0.05) is 35.4 Å². The van der Waals surface area contributed by atoms with Gasteiger partial charge in [-0.05, 0) is 44.5 Å². The van der Waals surface area contributed by atoms with Gasteiger partial charge < -0.3 is 15.0 Å². The van der Waals surface area contributed by atoms with E-state index in [4.69, 9.17) is 13.8 Å². The van der Waals surface area contributed by atoms with Crippen molar-refractivity contribution in [1.82, 2.24) is 10.3 Å². The molecule has 3 N–H and O–H groups in total. The van der Waals surface area contributed by atoms with E-state index in [9.17, 15) is 16.8 Å². The normalized spacial score (nSPS) is 18.4. The van der Waals surface area contributed by atoms with E-state index in [1.165, 1.54) is 36.4 Å². The molecule has 12 heteroatoms. The molecule has 0 unspecified atom stereocenters. The lowest BCUT2D eigenvalue weighted by Gasteiger charge is -2.29. The van der Waals surface area contributed by atoms with Crippen LogP contribution in [0.3, 0.4) is 0 Å². The summed E-state index contributed by atoms with van der Waals surface area (Å²) in [7, 11) is -6.36. The van der Waals surface area contributed by atoms with Crippen LogP contribution in [0, 0.1) is 13.8 Å². The molecule has 2 bridgehead atoms. The highest BCUT2D eigenvalue weighted by molar-refractivity contribution is 7.86. The van der Waals surface area contributed by atoms with Gasteiger partial charge >= 0.3 is 0 Å². The van der Waals surface area contributed by atoms with E-state index in [2.05, 4.69) is 21.3 Å². The minimum absolute atomic E-state index is 0.0666. The molecular formula is C25H31N3O7S2. The number of rotatable bonds is 4. The fraction of sp³-hybridized carbons (Fsp3) is 0.320. The summed E-state index contributed by atoms with van der Waals surface area (Å²) in [4.78, 5) is 6.49. The molecule has 2 atom stereocenters. The molecule has 2 aliphatic heterocycles. The van der Waals surface area contributed by atoms with Crippen molar-refractivity contribution in [3.05, 3.63) is 78.1 Å². The fourth-order valence-electron chi connectivity index (χ4n) is 3.97. The van der Waals surface area contributed by atoms with Crippen LogP contribution in [0.1, 0.15) is 17.5 Å². The number of nitrogens with zero attached hydrogens (tertiary/aromatic N) is 2. The van der Waals surface area contributed by atoms with Gasteiger partial charge in [0.05, 0.1) is 35.0 Å². The Morgan fingerprint density at radius 2 is 1.41 bits per heavy atom.